The van der Waals surface area contributed by atoms with Gasteiger partial charge in [0.05, 0.1) is 16.6 Å². The third-order valence-corrected chi connectivity index (χ3v) is 4.23. The first-order valence-corrected chi connectivity index (χ1v) is 7.76. The summed E-state index contributed by atoms with van der Waals surface area (Å²) in [4.78, 5) is 17.0. The average Bonchev–Trinajstić information content (AvgIpc) is 3.05. The minimum absolute atomic E-state index is 0.0692. The quantitative estimate of drug-likeness (QED) is 0.731. The Morgan fingerprint density at radius 2 is 2.04 bits per heavy atom. The van der Waals surface area contributed by atoms with Crippen molar-refractivity contribution < 1.29 is 4.79 Å². The van der Waals surface area contributed by atoms with Crippen LogP contribution < -0.4 is 5.32 Å². The summed E-state index contributed by atoms with van der Waals surface area (Å²) in [6, 6.07) is 14.0. The highest BCUT2D eigenvalue weighted by Gasteiger charge is 2.24. The lowest BCUT2D eigenvalue weighted by molar-refractivity contribution is -0.110. The molecule has 114 valence electrons. The Bertz CT molecular complexity index is 966. The smallest absolute Gasteiger partial charge is 0.256 e. The van der Waals surface area contributed by atoms with Crippen LogP contribution >= 0.6 is 0 Å². The van der Waals surface area contributed by atoms with Gasteiger partial charge < -0.3 is 9.88 Å². The highest BCUT2D eigenvalue weighted by atomic mass is 16.2. The number of rotatable bonds is 2. The summed E-state index contributed by atoms with van der Waals surface area (Å²) < 4.78 is 2.13. The molecule has 0 fully saturated rings. The number of carbonyl (C=O) groups excluding carboxylic acids is 1. The molecule has 0 radical (unpaired) electrons. The van der Waals surface area contributed by atoms with Gasteiger partial charge >= 0.3 is 0 Å². The molecular formula is C19H17N3O. The van der Waals surface area contributed by atoms with Crippen molar-refractivity contribution in [1.82, 2.24) is 9.55 Å². The van der Waals surface area contributed by atoms with Gasteiger partial charge in [-0.2, -0.15) is 0 Å². The minimum Gasteiger partial charge on any atom is -0.325 e. The first-order valence-electron chi connectivity index (χ1n) is 7.76. The second-order valence-corrected chi connectivity index (χ2v) is 5.76. The van der Waals surface area contributed by atoms with Crippen LogP contribution in [-0.2, 0) is 11.3 Å². The van der Waals surface area contributed by atoms with E-state index in [2.05, 4.69) is 27.9 Å². The molecule has 0 aliphatic carbocycles. The van der Waals surface area contributed by atoms with Gasteiger partial charge in [-0.25, -0.2) is 4.98 Å². The normalized spacial score (nSPS) is 15.2. The first kappa shape index (κ1) is 13.8. The number of imidazole rings is 1. The summed E-state index contributed by atoms with van der Waals surface area (Å²) in [5.41, 5.74) is 5.66. The number of hydrogen-bond acceptors (Lipinski definition) is 2. The first-order chi connectivity index (χ1) is 11.2. The molecule has 1 aromatic heterocycles. The number of para-hydroxylation sites is 2. The molecule has 2 heterocycles. The van der Waals surface area contributed by atoms with E-state index in [1.165, 1.54) is 0 Å². The molecular weight excluding hydrogens is 286 g/mol. The van der Waals surface area contributed by atoms with Gasteiger partial charge in [0.1, 0.15) is 5.82 Å². The number of fused-ring (bicyclic) bond motifs is 2. The van der Waals surface area contributed by atoms with Crippen molar-refractivity contribution in [3.05, 3.63) is 59.4 Å². The monoisotopic (exact) mass is 303 g/mol. The number of aromatic nitrogens is 2. The highest BCUT2D eigenvalue weighted by Crippen LogP contribution is 2.34. The molecule has 0 saturated heterocycles. The summed E-state index contributed by atoms with van der Waals surface area (Å²) in [5, 5.41) is 2.92. The summed E-state index contributed by atoms with van der Waals surface area (Å²) in [6.07, 6.45) is 1.89. The lowest BCUT2D eigenvalue weighted by Gasteiger charge is -2.04. The molecule has 4 nitrogen and oxygen atoms in total. The van der Waals surface area contributed by atoms with Gasteiger partial charge in [-0.3, -0.25) is 4.79 Å². The van der Waals surface area contributed by atoms with E-state index in [1.54, 1.807) is 0 Å². The van der Waals surface area contributed by atoms with Crippen LogP contribution in [0.15, 0.2) is 42.5 Å². The number of nitrogens with one attached hydrogen (secondary N) is 1. The van der Waals surface area contributed by atoms with E-state index in [0.29, 0.717) is 5.57 Å². The van der Waals surface area contributed by atoms with Crippen molar-refractivity contribution in [3.63, 3.8) is 0 Å². The number of amides is 1. The molecule has 0 spiro atoms. The molecule has 0 unspecified atom stereocenters. The fraction of sp³-hybridized carbons (Fsp3) is 0.158. The third-order valence-electron chi connectivity index (χ3n) is 4.23. The Morgan fingerprint density at radius 3 is 2.87 bits per heavy atom. The zero-order chi connectivity index (χ0) is 16.0. The average molecular weight is 303 g/mol. The van der Waals surface area contributed by atoms with Crippen LogP contribution in [0, 0.1) is 6.92 Å². The van der Waals surface area contributed by atoms with Crippen LogP contribution in [0.1, 0.15) is 23.9 Å². The van der Waals surface area contributed by atoms with Crippen LogP contribution in [-0.4, -0.2) is 15.5 Å². The molecule has 23 heavy (non-hydrogen) atoms. The number of benzene rings is 2. The Morgan fingerprint density at radius 1 is 1.22 bits per heavy atom. The Hall–Kier alpha value is -2.88. The van der Waals surface area contributed by atoms with Gasteiger partial charge in [-0.15, -0.1) is 0 Å². The van der Waals surface area contributed by atoms with E-state index in [9.17, 15) is 4.79 Å². The molecule has 0 atom stereocenters. The van der Waals surface area contributed by atoms with Crippen LogP contribution in [0.3, 0.4) is 0 Å². The summed E-state index contributed by atoms with van der Waals surface area (Å²) >= 11 is 0. The summed E-state index contributed by atoms with van der Waals surface area (Å²) in [5.74, 6) is 0.744. The number of aryl methyl sites for hydroxylation is 2. The van der Waals surface area contributed by atoms with E-state index < -0.39 is 0 Å². The van der Waals surface area contributed by atoms with Gasteiger partial charge in [0.2, 0.25) is 0 Å². The Kier molecular flexibility index (Phi) is 3.05. The zero-order valence-electron chi connectivity index (χ0n) is 13.1. The van der Waals surface area contributed by atoms with Crippen LogP contribution in [0.4, 0.5) is 5.69 Å². The molecule has 4 rings (SSSR count). The summed E-state index contributed by atoms with van der Waals surface area (Å²) in [7, 11) is 0. The van der Waals surface area contributed by atoms with Crippen molar-refractivity contribution in [3.8, 4) is 0 Å². The molecule has 1 aliphatic rings. The molecule has 0 bridgehead atoms. The number of anilines is 1. The van der Waals surface area contributed by atoms with Gasteiger partial charge in [0.15, 0.2) is 0 Å². The number of carbonyl (C=O) groups is 1. The maximum atomic E-state index is 12.3. The van der Waals surface area contributed by atoms with E-state index >= 15 is 0 Å². The molecule has 1 amide bonds. The fourth-order valence-corrected chi connectivity index (χ4v) is 3.11. The van der Waals surface area contributed by atoms with Crippen molar-refractivity contribution in [2.45, 2.75) is 20.4 Å². The topological polar surface area (TPSA) is 46.9 Å². The Balaban J connectivity index is 1.92. The zero-order valence-corrected chi connectivity index (χ0v) is 13.1. The van der Waals surface area contributed by atoms with Crippen LogP contribution in [0.2, 0.25) is 0 Å². The number of hydrogen-bond donors (Lipinski definition) is 1. The van der Waals surface area contributed by atoms with E-state index in [4.69, 9.17) is 0 Å². The Labute approximate surface area is 134 Å². The lowest BCUT2D eigenvalue weighted by Crippen LogP contribution is -2.04. The van der Waals surface area contributed by atoms with Crippen molar-refractivity contribution >= 4 is 34.3 Å². The SMILES string of the molecule is CCn1c(/C=C2/C(=O)Nc3ccc(C)cc32)nc2ccccc21. The second-order valence-electron chi connectivity index (χ2n) is 5.76. The van der Waals surface area contributed by atoms with Gasteiger partial charge in [0, 0.05) is 17.8 Å². The molecule has 1 aliphatic heterocycles. The number of nitrogens with zero attached hydrogens (tertiary/aromatic N) is 2. The van der Waals surface area contributed by atoms with Crippen molar-refractivity contribution in [2.24, 2.45) is 0 Å². The van der Waals surface area contributed by atoms with Gasteiger partial charge in [-0.05, 0) is 44.2 Å². The summed E-state index contributed by atoms with van der Waals surface area (Å²) in [6.45, 7) is 4.92. The van der Waals surface area contributed by atoms with Crippen molar-refractivity contribution in [1.29, 1.82) is 0 Å². The van der Waals surface area contributed by atoms with Crippen LogP contribution in [0.25, 0.3) is 22.7 Å². The molecule has 3 aromatic rings. The van der Waals surface area contributed by atoms with Crippen molar-refractivity contribution in [2.75, 3.05) is 5.32 Å². The molecule has 1 N–H and O–H groups in total. The molecule has 4 heteroatoms. The van der Waals surface area contributed by atoms with Gasteiger partial charge in [0.25, 0.3) is 5.91 Å². The highest BCUT2D eigenvalue weighted by molar-refractivity contribution is 6.34. The van der Waals surface area contributed by atoms with Gasteiger partial charge in [-0.1, -0.05) is 23.8 Å². The second kappa shape index (κ2) is 5.09. The third kappa shape index (κ3) is 2.14. The maximum absolute atomic E-state index is 12.3. The van der Waals surface area contributed by atoms with E-state index in [1.807, 2.05) is 49.4 Å². The maximum Gasteiger partial charge on any atom is 0.256 e. The largest absolute Gasteiger partial charge is 0.325 e. The molecule has 2 aromatic carbocycles. The fourth-order valence-electron chi connectivity index (χ4n) is 3.11. The predicted octanol–water partition coefficient (Wildman–Crippen LogP) is 3.86. The standard InChI is InChI=1S/C19H17N3O/c1-3-22-17-7-5-4-6-16(17)20-18(22)11-14-13-10-12(2)8-9-15(13)21-19(14)23/h4-11H,3H2,1-2H3,(H,21,23)/b14-11+. The van der Waals surface area contributed by atoms with E-state index in [0.717, 1.165) is 40.2 Å². The van der Waals surface area contributed by atoms with Crippen LogP contribution in [0.5, 0.6) is 0 Å². The molecule has 0 saturated carbocycles. The lowest BCUT2D eigenvalue weighted by atomic mass is 10.0. The minimum atomic E-state index is -0.0692. The predicted molar refractivity (Wildman–Crippen MR) is 93.1 cm³/mol. The van der Waals surface area contributed by atoms with E-state index in [-0.39, 0.29) is 5.91 Å².